The minimum atomic E-state index is -3.74. The van der Waals surface area contributed by atoms with Crippen LogP contribution in [-0.2, 0) is 19.4 Å². The fourth-order valence-electron chi connectivity index (χ4n) is 2.51. The summed E-state index contributed by atoms with van der Waals surface area (Å²) in [7, 11) is -2.49. The van der Waals surface area contributed by atoms with Crippen molar-refractivity contribution >= 4 is 33.1 Å². The molecule has 0 radical (unpaired) electrons. The maximum Gasteiger partial charge on any atom is 0.328 e. The Morgan fingerprint density at radius 2 is 1.79 bits per heavy atom. The average molecular weight is 420 g/mol. The first-order valence-electron chi connectivity index (χ1n) is 8.83. The van der Waals surface area contributed by atoms with Crippen LogP contribution in [0, 0.1) is 12.8 Å². The summed E-state index contributed by atoms with van der Waals surface area (Å²) < 4.78 is 28.5. The van der Waals surface area contributed by atoms with E-state index in [1.54, 1.807) is 26.0 Å². The number of ether oxygens (including phenoxy) is 1. The molecule has 2 rings (SSSR count). The summed E-state index contributed by atoms with van der Waals surface area (Å²) in [4.78, 5) is 32.7. The zero-order chi connectivity index (χ0) is 21.8. The SMILES string of the molecule is COC(=O)C(Nc1cnc(S(C)(=O)=O)nc1C(=O)Nc1ccccc1C)C(C)C. The van der Waals surface area contributed by atoms with Gasteiger partial charge in [-0.1, -0.05) is 32.0 Å². The second-order valence-corrected chi connectivity index (χ2v) is 8.75. The number of carbonyl (C=O) groups is 2. The number of esters is 1. The van der Waals surface area contributed by atoms with Crippen molar-refractivity contribution in [1.29, 1.82) is 0 Å². The van der Waals surface area contributed by atoms with Crippen molar-refractivity contribution in [2.45, 2.75) is 32.0 Å². The molecule has 29 heavy (non-hydrogen) atoms. The second kappa shape index (κ2) is 8.99. The quantitative estimate of drug-likeness (QED) is 0.515. The van der Waals surface area contributed by atoms with Crippen LogP contribution in [0.3, 0.4) is 0 Å². The van der Waals surface area contributed by atoms with Gasteiger partial charge in [0.15, 0.2) is 5.69 Å². The molecule has 0 aliphatic heterocycles. The molecule has 0 aliphatic carbocycles. The van der Waals surface area contributed by atoms with Crippen LogP contribution in [0.4, 0.5) is 11.4 Å². The molecule has 1 heterocycles. The molecule has 10 heteroatoms. The van der Waals surface area contributed by atoms with Crippen LogP contribution in [0.1, 0.15) is 29.9 Å². The van der Waals surface area contributed by atoms with Crippen LogP contribution < -0.4 is 10.6 Å². The fourth-order valence-corrected chi connectivity index (χ4v) is 3.01. The molecule has 2 N–H and O–H groups in total. The van der Waals surface area contributed by atoms with Gasteiger partial charge in [-0.3, -0.25) is 4.79 Å². The number of carbonyl (C=O) groups excluding carboxylic acids is 2. The van der Waals surface area contributed by atoms with Gasteiger partial charge in [0, 0.05) is 11.9 Å². The maximum absolute atomic E-state index is 12.9. The number of para-hydroxylation sites is 1. The van der Waals surface area contributed by atoms with Crippen LogP contribution in [-0.4, -0.2) is 49.7 Å². The summed E-state index contributed by atoms with van der Waals surface area (Å²) >= 11 is 0. The molecule has 1 amide bonds. The smallest absolute Gasteiger partial charge is 0.328 e. The second-order valence-electron chi connectivity index (χ2n) is 6.85. The first-order valence-corrected chi connectivity index (χ1v) is 10.7. The molecule has 0 saturated carbocycles. The van der Waals surface area contributed by atoms with Crippen molar-refractivity contribution in [2.24, 2.45) is 5.92 Å². The van der Waals surface area contributed by atoms with E-state index < -0.39 is 32.9 Å². The molecular weight excluding hydrogens is 396 g/mol. The van der Waals surface area contributed by atoms with E-state index in [1.165, 1.54) is 13.3 Å². The lowest BCUT2D eigenvalue weighted by molar-refractivity contribution is -0.142. The molecule has 0 aliphatic rings. The molecule has 0 bridgehead atoms. The van der Waals surface area contributed by atoms with Crippen LogP contribution in [0.5, 0.6) is 0 Å². The molecule has 0 spiro atoms. The Hall–Kier alpha value is -3.01. The zero-order valence-corrected chi connectivity index (χ0v) is 17.7. The van der Waals surface area contributed by atoms with Gasteiger partial charge >= 0.3 is 5.97 Å². The van der Waals surface area contributed by atoms with E-state index in [9.17, 15) is 18.0 Å². The average Bonchev–Trinajstić information content (AvgIpc) is 2.66. The van der Waals surface area contributed by atoms with E-state index in [2.05, 4.69) is 20.6 Å². The number of amides is 1. The Labute approximate surface area is 169 Å². The van der Waals surface area contributed by atoms with Gasteiger partial charge in [0.1, 0.15) is 6.04 Å². The molecule has 2 aromatic rings. The Balaban J connectivity index is 2.50. The van der Waals surface area contributed by atoms with Crippen molar-refractivity contribution in [3.05, 3.63) is 41.7 Å². The molecule has 0 fully saturated rings. The van der Waals surface area contributed by atoms with Crippen molar-refractivity contribution in [3.63, 3.8) is 0 Å². The number of aromatic nitrogens is 2. The van der Waals surface area contributed by atoms with E-state index in [-0.39, 0.29) is 17.3 Å². The summed E-state index contributed by atoms with van der Waals surface area (Å²) in [5.41, 5.74) is 1.30. The lowest BCUT2D eigenvalue weighted by Gasteiger charge is -2.22. The number of hydrogen-bond acceptors (Lipinski definition) is 8. The van der Waals surface area contributed by atoms with Gasteiger partial charge in [0.25, 0.3) is 5.91 Å². The Kier molecular flexibility index (Phi) is 6.91. The van der Waals surface area contributed by atoms with Gasteiger partial charge in [-0.25, -0.2) is 23.2 Å². The van der Waals surface area contributed by atoms with Gasteiger partial charge < -0.3 is 15.4 Å². The van der Waals surface area contributed by atoms with Crippen LogP contribution in [0.25, 0.3) is 0 Å². The summed E-state index contributed by atoms with van der Waals surface area (Å²) in [6.45, 7) is 5.42. The Morgan fingerprint density at radius 3 is 2.34 bits per heavy atom. The van der Waals surface area contributed by atoms with Crippen molar-refractivity contribution < 1.29 is 22.7 Å². The fraction of sp³-hybridized carbons (Fsp3) is 0.368. The van der Waals surface area contributed by atoms with Crippen molar-refractivity contribution in [2.75, 3.05) is 24.0 Å². The molecule has 1 aromatic heterocycles. The zero-order valence-electron chi connectivity index (χ0n) is 16.9. The van der Waals surface area contributed by atoms with Gasteiger partial charge in [-0.05, 0) is 24.5 Å². The van der Waals surface area contributed by atoms with Gasteiger partial charge in [-0.15, -0.1) is 0 Å². The number of hydrogen-bond donors (Lipinski definition) is 2. The summed E-state index contributed by atoms with van der Waals surface area (Å²) in [5.74, 6) is -1.34. The third kappa shape index (κ3) is 5.50. The first kappa shape index (κ1) is 22.3. The predicted octanol–water partition coefficient (Wildman–Crippen LogP) is 2.05. The number of rotatable bonds is 7. The highest BCUT2D eigenvalue weighted by Gasteiger charge is 2.27. The van der Waals surface area contributed by atoms with Crippen LogP contribution in [0.2, 0.25) is 0 Å². The maximum atomic E-state index is 12.9. The molecule has 1 unspecified atom stereocenters. The van der Waals surface area contributed by atoms with Gasteiger partial charge in [-0.2, -0.15) is 0 Å². The largest absolute Gasteiger partial charge is 0.467 e. The standard InChI is InChI=1S/C19H24N4O5S/c1-11(2)15(18(25)28-4)21-14-10-20-19(29(5,26)27)23-16(14)17(24)22-13-9-7-6-8-12(13)3/h6-11,15,21H,1-5H3,(H,22,24). The molecule has 156 valence electrons. The van der Waals surface area contributed by atoms with E-state index in [0.717, 1.165) is 11.8 Å². The molecular formula is C19H24N4O5S. The Bertz CT molecular complexity index is 1020. The number of nitrogens with one attached hydrogen (secondary N) is 2. The highest BCUT2D eigenvalue weighted by atomic mass is 32.2. The topological polar surface area (TPSA) is 127 Å². The number of sulfone groups is 1. The summed E-state index contributed by atoms with van der Waals surface area (Å²) in [6, 6.07) is 6.34. The van der Waals surface area contributed by atoms with Gasteiger partial charge in [0.2, 0.25) is 15.0 Å². The lowest BCUT2D eigenvalue weighted by atomic mass is 10.0. The summed E-state index contributed by atoms with van der Waals surface area (Å²) in [5, 5.41) is 5.12. The first-order chi connectivity index (χ1) is 13.5. The molecule has 9 nitrogen and oxygen atoms in total. The van der Waals surface area contributed by atoms with Crippen molar-refractivity contribution in [1.82, 2.24) is 9.97 Å². The Morgan fingerprint density at radius 1 is 1.14 bits per heavy atom. The van der Waals surface area contributed by atoms with E-state index in [0.29, 0.717) is 5.69 Å². The minimum absolute atomic E-state index is 0.118. The third-order valence-electron chi connectivity index (χ3n) is 4.14. The molecule has 1 aromatic carbocycles. The summed E-state index contributed by atoms with van der Waals surface area (Å²) in [6.07, 6.45) is 2.12. The number of anilines is 2. The molecule has 1 atom stereocenters. The normalized spacial score (nSPS) is 12.3. The highest BCUT2D eigenvalue weighted by molar-refractivity contribution is 7.90. The number of nitrogens with zero attached hydrogens (tertiary/aromatic N) is 2. The van der Waals surface area contributed by atoms with E-state index in [4.69, 9.17) is 4.74 Å². The highest BCUT2D eigenvalue weighted by Crippen LogP contribution is 2.21. The van der Waals surface area contributed by atoms with E-state index >= 15 is 0 Å². The van der Waals surface area contributed by atoms with Crippen molar-refractivity contribution in [3.8, 4) is 0 Å². The number of aryl methyl sites for hydroxylation is 1. The minimum Gasteiger partial charge on any atom is -0.467 e. The number of methoxy groups -OCH3 is 1. The third-order valence-corrected chi connectivity index (χ3v) is 5.00. The van der Waals surface area contributed by atoms with Crippen LogP contribution >= 0.6 is 0 Å². The predicted molar refractivity (Wildman–Crippen MR) is 109 cm³/mol. The lowest BCUT2D eigenvalue weighted by Crippen LogP contribution is -2.36. The monoisotopic (exact) mass is 420 g/mol. The van der Waals surface area contributed by atoms with E-state index in [1.807, 2.05) is 19.1 Å². The number of benzene rings is 1. The van der Waals surface area contributed by atoms with Gasteiger partial charge in [0.05, 0.1) is 19.0 Å². The van der Waals surface area contributed by atoms with Crippen LogP contribution in [0.15, 0.2) is 35.6 Å². The molecule has 0 saturated heterocycles.